The average Bonchev–Trinajstić information content (AvgIpc) is 2.74. The normalized spacial score (nSPS) is 37.3. The first-order chi connectivity index (χ1) is 13.7. The Hall–Kier alpha value is -0.240. The van der Waals surface area contributed by atoms with Crippen LogP contribution < -0.4 is 16.0 Å². The number of hydrogen-bond donors (Lipinski definition) is 3. The van der Waals surface area contributed by atoms with Crippen LogP contribution >= 0.6 is 0 Å². The molecular formula is C22H44N4O2. The van der Waals surface area contributed by atoms with Gasteiger partial charge < -0.3 is 14.4 Å². The van der Waals surface area contributed by atoms with Crippen molar-refractivity contribution in [2.75, 3.05) is 46.9 Å². The summed E-state index contributed by atoms with van der Waals surface area (Å²) in [6.45, 7) is 7.43. The van der Waals surface area contributed by atoms with E-state index >= 15 is 0 Å². The summed E-state index contributed by atoms with van der Waals surface area (Å²) in [7, 11) is 4.01. The average molecular weight is 397 g/mol. The lowest BCUT2D eigenvalue weighted by Crippen LogP contribution is -2.63. The molecule has 0 aromatic rings. The van der Waals surface area contributed by atoms with E-state index < -0.39 is 0 Å². The smallest absolute Gasteiger partial charge is 0.112 e. The highest BCUT2D eigenvalue weighted by molar-refractivity contribution is 4.87. The monoisotopic (exact) mass is 396 g/mol. The van der Waals surface area contributed by atoms with E-state index in [1.165, 1.54) is 44.9 Å². The maximum atomic E-state index is 6.16. The molecule has 1 heterocycles. The number of hydrogen-bond acceptors (Lipinski definition) is 6. The lowest BCUT2D eigenvalue weighted by molar-refractivity contribution is 0.00786. The van der Waals surface area contributed by atoms with Crippen LogP contribution in [0.5, 0.6) is 0 Å². The Morgan fingerprint density at radius 2 is 1.71 bits per heavy atom. The van der Waals surface area contributed by atoms with Crippen molar-refractivity contribution < 1.29 is 9.47 Å². The van der Waals surface area contributed by atoms with Crippen molar-refractivity contribution >= 4 is 0 Å². The van der Waals surface area contributed by atoms with Crippen molar-refractivity contribution in [3.8, 4) is 0 Å². The van der Waals surface area contributed by atoms with Gasteiger partial charge in [-0.3, -0.25) is 16.0 Å². The van der Waals surface area contributed by atoms with E-state index in [9.17, 15) is 0 Å². The Labute approximate surface area is 172 Å². The molecule has 2 aliphatic carbocycles. The predicted molar refractivity (Wildman–Crippen MR) is 114 cm³/mol. The van der Waals surface area contributed by atoms with Crippen molar-refractivity contribution in [2.45, 2.75) is 82.8 Å². The first-order valence-electron chi connectivity index (χ1n) is 11.7. The van der Waals surface area contributed by atoms with Gasteiger partial charge in [0.1, 0.15) is 6.29 Å². The Balaban J connectivity index is 1.32. The highest BCUT2D eigenvalue weighted by Gasteiger charge is 2.32. The summed E-state index contributed by atoms with van der Waals surface area (Å²) in [5.74, 6) is 1.61. The Bertz CT molecular complexity index is 423. The van der Waals surface area contributed by atoms with Gasteiger partial charge in [-0.05, 0) is 76.8 Å². The molecule has 0 bridgehead atoms. The first kappa shape index (κ1) is 22.4. The zero-order valence-electron chi connectivity index (χ0n) is 18.4. The number of nitrogens with one attached hydrogen (secondary N) is 3. The summed E-state index contributed by atoms with van der Waals surface area (Å²) in [5, 5.41) is 11.2. The SMILES string of the molecule is CCN(C)CCOC1CCCC(NC2NCC(C3CCC(OC)CC3)CN2)C1. The highest BCUT2D eigenvalue weighted by atomic mass is 16.5. The van der Waals surface area contributed by atoms with E-state index in [-0.39, 0.29) is 6.29 Å². The molecule has 1 aliphatic heterocycles. The minimum absolute atomic E-state index is 0.251. The predicted octanol–water partition coefficient (Wildman–Crippen LogP) is 2.15. The van der Waals surface area contributed by atoms with Crippen LogP contribution in [0.4, 0.5) is 0 Å². The lowest BCUT2D eigenvalue weighted by atomic mass is 9.78. The third-order valence-corrected chi connectivity index (χ3v) is 7.28. The number of likely N-dealkylation sites (N-methyl/N-ethyl adjacent to an activating group) is 1. The van der Waals surface area contributed by atoms with E-state index in [0.717, 1.165) is 51.0 Å². The second-order valence-corrected chi connectivity index (χ2v) is 9.20. The fourth-order valence-corrected chi connectivity index (χ4v) is 5.15. The third kappa shape index (κ3) is 6.92. The van der Waals surface area contributed by atoms with Crippen LogP contribution in [0.2, 0.25) is 0 Å². The molecule has 3 fully saturated rings. The van der Waals surface area contributed by atoms with Gasteiger partial charge in [0.15, 0.2) is 0 Å². The molecule has 0 radical (unpaired) electrons. The van der Waals surface area contributed by atoms with Crippen LogP contribution in [0.3, 0.4) is 0 Å². The maximum Gasteiger partial charge on any atom is 0.112 e. The minimum Gasteiger partial charge on any atom is -0.381 e. The third-order valence-electron chi connectivity index (χ3n) is 7.28. The summed E-state index contributed by atoms with van der Waals surface area (Å²) in [5.41, 5.74) is 0. The van der Waals surface area contributed by atoms with Crippen LogP contribution in [0.1, 0.15) is 58.3 Å². The standard InChI is InChI=1S/C22H44N4O2/c1-4-26(2)12-13-28-21-7-5-6-19(14-21)25-22-23-15-18(16-24-22)17-8-10-20(27-3)11-9-17/h17-25H,4-16H2,1-3H3. The number of nitrogens with zero attached hydrogens (tertiary/aromatic N) is 1. The van der Waals surface area contributed by atoms with Gasteiger partial charge in [-0.15, -0.1) is 0 Å². The summed E-state index contributed by atoms with van der Waals surface area (Å²) >= 11 is 0. The molecule has 2 atom stereocenters. The maximum absolute atomic E-state index is 6.16. The first-order valence-corrected chi connectivity index (χ1v) is 11.7. The van der Waals surface area contributed by atoms with Crippen LogP contribution in [-0.2, 0) is 9.47 Å². The summed E-state index contributed by atoms with van der Waals surface area (Å²) in [4.78, 5) is 2.31. The molecule has 3 rings (SSSR count). The Kier molecular flexibility index (Phi) is 9.47. The highest BCUT2D eigenvalue weighted by Crippen LogP contribution is 2.31. The van der Waals surface area contributed by atoms with Crippen molar-refractivity contribution in [3.63, 3.8) is 0 Å². The summed E-state index contributed by atoms with van der Waals surface area (Å²) in [6.07, 6.45) is 11.2. The molecule has 3 N–H and O–H groups in total. The molecule has 3 aliphatic rings. The lowest BCUT2D eigenvalue weighted by Gasteiger charge is -2.40. The topological polar surface area (TPSA) is 57.8 Å². The molecule has 0 amide bonds. The fourth-order valence-electron chi connectivity index (χ4n) is 5.15. The molecule has 0 aromatic heterocycles. The second-order valence-electron chi connectivity index (χ2n) is 9.20. The van der Waals surface area contributed by atoms with E-state index in [4.69, 9.17) is 9.47 Å². The molecule has 6 heteroatoms. The molecule has 28 heavy (non-hydrogen) atoms. The van der Waals surface area contributed by atoms with Gasteiger partial charge in [-0.2, -0.15) is 0 Å². The van der Waals surface area contributed by atoms with Gasteiger partial charge in [0.25, 0.3) is 0 Å². The molecule has 164 valence electrons. The minimum atomic E-state index is 0.251. The number of rotatable bonds is 9. The number of ether oxygens (including phenoxy) is 2. The molecule has 1 saturated heterocycles. The zero-order valence-corrected chi connectivity index (χ0v) is 18.4. The van der Waals surface area contributed by atoms with Gasteiger partial charge in [-0.25, -0.2) is 0 Å². The van der Waals surface area contributed by atoms with E-state index in [2.05, 4.69) is 34.8 Å². The van der Waals surface area contributed by atoms with Gasteiger partial charge in [-0.1, -0.05) is 6.92 Å². The molecule has 2 saturated carbocycles. The van der Waals surface area contributed by atoms with Crippen LogP contribution in [0, 0.1) is 11.8 Å². The van der Waals surface area contributed by atoms with Crippen LogP contribution in [-0.4, -0.2) is 76.4 Å². The van der Waals surface area contributed by atoms with Crippen molar-refractivity contribution in [3.05, 3.63) is 0 Å². The van der Waals surface area contributed by atoms with Crippen molar-refractivity contribution in [2.24, 2.45) is 11.8 Å². The molecular weight excluding hydrogens is 352 g/mol. The quantitative estimate of drug-likeness (QED) is 0.555. The van der Waals surface area contributed by atoms with Gasteiger partial charge in [0, 0.05) is 32.8 Å². The van der Waals surface area contributed by atoms with Gasteiger partial charge in [0.05, 0.1) is 18.8 Å². The summed E-state index contributed by atoms with van der Waals surface area (Å²) in [6, 6.07) is 0.557. The van der Waals surface area contributed by atoms with Crippen molar-refractivity contribution in [1.29, 1.82) is 0 Å². The van der Waals surface area contributed by atoms with Gasteiger partial charge >= 0.3 is 0 Å². The second kappa shape index (κ2) is 11.8. The molecule has 6 nitrogen and oxygen atoms in total. The molecule has 0 spiro atoms. The van der Waals surface area contributed by atoms with E-state index in [1.807, 2.05) is 7.11 Å². The molecule has 0 aromatic carbocycles. The van der Waals surface area contributed by atoms with Crippen LogP contribution in [0.15, 0.2) is 0 Å². The fraction of sp³-hybridized carbons (Fsp3) is 1.00. The van der Waals surface area contributed by atoms with E-state index in [0.29, 0.717) is 18.2 Å². The zero-order chi connectivity index (χ0) is 19.8. The van der Waals surface area contributed by atoms with Crippen molar-refractivity contribution in [1.82, 2.24) is 20.9 Å². The Morgan fingerprint density at radius 1 is 0.964 bits per heavy atom. The number of methoxy groups -OCH3 is 1. The largest absolute Gasteiger partial charge is 0.381 e. The Morgan fingerprint density at radius 3 is 2.39 bits per heavy atom. The summed E-state index contributed by atoms with van der Waals surface area (Å²) < 4.78 is 11.7. The van der Waals surface area contributed by atoms with Gasteiger partial charge in [0.2, 0.25) is 0 Å². The van der Waals surface area contributed by atoms with Crippen LogP contribution in [0.25, 0.3) is 0 Å². The molecule has 2 unspecified atom stereocenters. The van der Waals surface area contributed by atoms with E-state index in [1.54, 1.807) is 0 Å².